The van der Waals surface area contributed by atoms with E-state index in [0.29, 0.717) is 6.04 Å². The molecule has 0 aliphatic heterocycles. The molecule has 1 saturated carbocycles. The second-order valence-electron chi connectivity index (χ2n) is 6.38. The van der Waals surface area contributed by atoms with Crippen LogP contribution >= 0.6 is 11.3 Å². The number of nitrogens with one attached hydrogen (secondary N) is 1. The van der Waals surface area contributed by atoms with Crippen LogP contribution in [0.2, 0.25) is 0 Å². The lowest BCUT2D eigenvalue weighted by Gasteiger charge is -2.38. The highest BCUT2D eigenvalue weighted by Gasteiger charge is 2.40. The van der Waals surface area contributed by atoms with Gasteiger partial charge in [-0.2, -0.15) is 0 Å². The average molecular weight is 311 g/mol. The summed E-state index contributed by atoms with van der Waals surface area (Å²) in [5, 5.41) is 4.70. The second-order valence-corrected chi connectivity index (χ2v) is 7.41. The Hall–Kier alpha value is -0.450. The maximum absolute atomic E-state index is 6.26. The Balaban J connectivity index is 2.31. The van der Waals surface area contributed by atoms with Crippen molar-refractivity contribution >= 4 is 11.3 Å². The minimum atomic E-state index is -0.133. The Morgan fingerprint density at radius 2 is 2.24 bits per heavy atom. The fraction of sp³-hybridized carbons (Fsp3) is 0.824. The van der Waals surface area contributed by atoms with Crippen LogP contribution in [-0.2, 0) is 10.3 Å². The van der Waals surface area contributed by atoms with Crippen molar-refractivity contribution in [2.45, 2.75) is 71.9 Å². The molecule has 1 aromatic rings. The molecular weight excluding hydrogens is 280 g/mol. The predicted octanol–water partition coefficient (Wildman–Crippen LogP) is 4.56. The SMILES string of the molecule is CCNC(C)c1sc(C2(OCC)CCCC(C)C2)nc1C. The number of nitrogens with zero attached hydrogens (tertiary/aromatic N) is 1. The zero-order valence-corrected chi connectivity index (χ0v) is 15.0. The van der Waals surface area contributed by atoms with Gasteiger partial charge in [-0.25, -0.2) is 4.98 Å². The molecule has 4 heteroatoms. The summed E-state index contributed by atoms with van der Waals surface area (Å²) in [5.74, 6) is 0.726. The Morgan fingerprint density at radius 3 is 2.86 bits per heavy atom. The van der Waals surface area contributed by atoms with Gasteiger partial charge in [-0.3, -0.25) is 0 Å². The minimum absolute atomic E-state index is 0.133. The van der Waals surface area contributed by atoms with E-state index in [9.17, 15) is 0 Å². The summed E-state index contributed by atoms with van der Waals surface area (Å²) >= 11 is 1.86. The summed E-state index contributed by atoms with van der Waals surface area (Å²) in [4.78, 5) is 6.28. The quantitative estimate of drug-likeness (QED) is 0.836. The molecule has 0 spiro atoms. The van der Waals surface area contributed by atoms with Crippen LogP contribution in [0.3, 0.4) is 0 Å². The molecule has 21 heavy (non-hydrogen) atoms. The van der Waals surface area contributed by atoms with Gasteiger partial charge in [0.25, 0.3) is 0 Å². The van der Waals surface area contributed by atoms with Gasteiger partial charge in [-0.05, 0) is 52.5 Å². The lowest BCUT2D eigenvalue weighted by molar-refractivity contribution is -0.0821. The third kappa shape index (κ3) is 3.66. The minimum Gasteiger partial charge on any atom is -0.368 e. The Kier molecular flexibility index (Phi) is 5.81. The van der Waals surface area contributed by atoms with Gasteiger partial charge in [-0.1, -0.05) is 20.3 Å². The molecule has 0 radical (unpaired) electrons. The van der Waals surface area contributed by atoms with Crippen LogP contribution in [0.4, 0.5) is 0 Å². The summed E-state index contributed by atoms with van der Waals surface area (Å²) in [6.45, 7) is 12.7. The molecule has 1 aliphatic rings. The van der Waals surface area contributed by atoms with Crippen molar-refractivity contribution < 1.29 is 4.74 Å². The van der Waals surface area contributed by atoms with Gasteiger partial charge < -0.3 is 10.1 Å². The normalized spacial score (nSPS) is 27.8. The molecule has 1 aliphatic carbocycles. The monoisotopic (exact) mass is 310 g/mol. The third-order valence-corrected chi connectivity index (χ3v) is 6.03. The molecule has 1 aromatic heterocycles. The fourth-order valence-corrected chi connectivity index (χ4v) is 4.84. The number of aryl methyl sites for hydroxylation is 1. The van der Waals surface area contributed by atoms with Crippen molar-refractivity contribution in [1.82, 2.24) is 10.3 Å². The van der Waals surface area contributed by atoms with E-state index in [-0.39, 0.29) is 5.60 Å². The molecule has 3 atom stereocenters. The highest BCUT2D eigenvalue weighted by molar-refractivity contribution is 7.12. The van der Waals surface area contributed by atoms with Crippen LogP contribution < -0.4 is 5.32 Å². The Labute approximate surface area is 133 Å². The van der Waals surface area contributed by atoms with Crippen LogP contribution in [0.1, 0.15) is 75.0 Å². The zero-order chi connectivity index (χ0) is 15.5. The third-order valence-electron chi connectivity index (χ3n) is 4.50. The molecule has 0 saturated heterocycles. The van der Waals surface area contributed by atoms with Gasteiger partial charge in [0.15, 0.2) is 0 Å². The summed E-state index contributed by atoms with van der Waals surface area (Å²) < 4.78 is 6.26. The van der Waals surface area contributed by atoms with Crippen LogP contribution in [0, 0.1) is 12.8 Å². The van der Waals surface area contributed by atoms with E-state index in [1.54, 1.807) is 0 Å². The van der Waals surface area contributed by atoms with E-state index < -0.39 is 0 Å². The fourth-order valence-electron chi connectivity index (χ4n) is 3.57. The van der Waals surface area contributed by atoms with E-state index in [0.717, 1.165) is 31.9 Å². The van der Waals surface area contributed by atoms with Gasteiger partial charge in [0.1, 0.15) is 10.6 Å². The second kappa shape index (κ2) is 7.21. The number of hydrogen-bond acceptors (Lipinski definition) is 4. The van der Waals surface area contributed by atoms with Crippen molar-refractivity contribution in [3.63, 3.8) is 0 Å². The number of aromatic nitrogens is 1. The molecule has 3 unspecified atom stereocenters. The molecule has 1 heterocycles. The predicted molar refractivity (Wildman–Crippen MR) is 89.9 cm³/mol. The first kappa shape index (κ1) is 16.9. The molecule has 120 valence electrons. The van der Waals surface area contributed by atoms with Crippen LogP contribution in [0.15, 0.2) is 0 Å². The molecule has 0 amide bonds. The molecular formula is C17H30N2OS. The van der Waals surface area contributed by atoms with Gasteiger partial charge in [-0.15, -0.1) is 11.3 Å². The molecule has 0 aromatic carbocycles. The van der Waals surface area contributed by atoms with Gasteiger partial charge >= 0.3 is 0 Å². The van der Waals surface area contributed by atoms with Gasteiger partial charge in [0.05, 0.1) is 5.69 Å². The van der Waals surface area contributed by atoms with E-state index in [4.69, 9.17) is 9.72 Å². The summed E-state index contributed by atoms with van der Waals surface area (Å²) in [7, 11) is 0. The first-order chi connectivity index (χ1) is 10.0. The van der Waals surface area contributed by atoms with E-state index in [2.05, 4.69) is 39.9 Å². The molecule has 1 N–H and O–H groups in total. The molecule has 3 nitrogen and oxygen atoms in total. The largest absolute Gasteiger partial charge is 0.368 e. The maximum atomic E-state index is 6.26. The molecule has 1 fully saturated rings. The summed E-state index contributed by atoms with van der Waals surface area (Å²) in [5.41, 5.74) is 1.03. The topological polar surface area (TPSA) is 34.1 Å². The average Bonchev–Trinajstić information content (AvgIpc) is 2.82. The van der Waals surface area contributed by atoms with E-state index >= 15 is 0 Å². The zero-order valence-electron chi connectivity index (χ0n) is 14.2. The van der Waals surface area contributed by atoms with Crippen LogP contribution in [0.5, 0.6) is 0 Å². The number of rotatable bonds is 6. The number of thiazole rings is 1. The first-order valence-corrected chi connectivity index (χ1v) is 9.19. The summed E-state index contributed by atoms with van der Waals surface area (Å²) in [6.07, 6.45) is 4.80. The highest BCUT2D eigenvalue weighted by Crippen LogP contribution is 2.45. The lowest BCUT2D eigenvalue weighted by atomic mass is 9.79. The highest BCUT2D eigenvalue weighted by atomic mass is 32.1. The van der Waals surface area contributed by atoms with Gasteiger partial charge in [0, 0.05) is 17.5 Å². The standard InChI is InChI=1S/C17H30N2OS/c1-6-18-13(4)15-14(5)19-16(21-15)17(20-7-2)10-8-9-12(3)11-17/h12-13,18H,6-11H2,1-5H3. The lowest BCUT2D eigenvalue weighted by Crippen LogP contribution is -2.35. The maximum Gasteiger partial charge on any atom is 0.125 e. The van der Waals surface area contributed by atoms with E-state index in [1.807, 2.05) is 11.3 Å². The Bertz CT molecular complexity index is 456. The summed E-state index contributed by atoms with van der Waals surface area (Å²) in [6, 6.07) is 0.376. The number of hydrogen-bond donors (Lipinski definition) is 1. The van der Waals surface area contributed by atoms with Crippen molar-refractivity contribution in [2.75, 3.05) is 13.2 Å². The van der Waals surface area contributed by atoms with Crippen LogP contribution in [0.25, 0.3) is 0 Å². The first-order valence-electron chi connectivity index (χ1n) is 8.37. The van der Waals surface area contributed by atoms with Crippen LogP contribution in [-0.4, -0.2) is 18.1 Å². The van der Waals surface area contributed by atoms with Gasteiger partial charge in [0.2, 0.25) is 0 Å². The number of ether oxygens (including phenoxy) is 1. The Morgan fingerprint density at radius 1 is 1.48 bits per heavy atom. The molecule has 0 bridgehead atoms. The van der Waals surface area contributed by atoms with Crippen molar-refractivity contribution in [1.29, 1.82) is 0 Å². The van der Waals surface area contributed by atoms with Crippen molar-refractivity contribution in [3.8, 4) is 0 Å². The smallest absolute Gasteiger partial charge is 0.125 e. The molecule has 2 rings (SSSR count). The van der Waals surface area contributed by atoms with Crippen molar-refractivity contribution in [2.24, 2.45) is 5.92 Å². The van der Waals surface area contributed by atoms with E-state index in [1.165, 1.54) is 28.4 Å². The van der Waals surface area contributed by atoms with Crippen molar-refractivity contribution in [3.05, 3.63) is 15.6 Å².